The van der Waals surface area contributed by atoms with E-state index in [1.54, 1.807) is 6.20 Å². The number of aromatic amines is 1. The Kier molecular flexibility index (Phi) is 2.98. The molecule has 3 aromatic rings. The highest BCUT2D eigenvalue weighted by Crippen LogP contribution is 2.36. The smallest absolute Gasteiger partial charge is 0.255 e. The van der Waals surface area contributed by atoms with Crippen molar-refractivity contribution in [3.8, 4) is 16.9 Å². The Morgan fingerprint density at radius 1 is 1.23 bits per heavy atom. The van der Waals surface area contributed by atoms with E-state index in [1.807, 2.05) is 30.3 Å². The Morgan fingerprint density at radius 3 is 2.95 bits per heavy atom. The molecule has 3 N–H and O–H groups in total. The van der Waals surface area contributed by atoms with Crippen LogP contribution in [0.25, 0.3) is 21.9 Å². The molecule has 110 valence electrons. The molecule has 0 bridgehead atoms. The zero-order valence-electron chi connectivity index (χ0n) is 12.0. The van der Waals surface area contributed by atoms with Gasteiger partial charge in [0.2, 0.25) is 0 Å². The van der Waals surface area contributed by atoms with Crippen LogP contribution < -0.4 is 16.0 Å². The number of nitrogens with two attached hydrogens (primary N) is 1. The lowest BCUT2D eigenvalue weighted by molar-refractivity contribution is 0.241. The Balaban J connectivity index is 1.86. The molecule has 0 aliphatic carbocycles. The summed E-state index contributed by atoms with van der Waals surface area (Å²) in [5.41, 5.74) is 8.45. The molecule has 1 atom stereocenters. The van der Waals surface area contributed by atoms with Gasteiger partial charge in [-0.2, -0.15) is 0 Å². The van der Waals surface area contributed by atoms with E-state index >= 15 is 0 Å². The third kappa shape index (κ3) is 2.00. The van der Waals surface area contributed by atoms with Crippen LogP contribution in [0, 0.1) is 0 Å². The van der Waals surface area contributed by atoms with Gasteiger partial charge in [0.05, 0.1) is 0 Å². The third-order valence-corrected chi connectivity index (χ3v) is 4.21. The van der Waals surface area contributed by atoms with Gasteiger partial charge in [0.15, 0.2) is 0 Å². The number of aromatic nitrogens is 1. The molecule has 1 aromatic heterocycles. The zero-order chi connectivity index (χ0) is 15.1. The van der Waals surface area contributed by atoms with E-state index in [9.17, 15) is 4.79 Å². The first-order valence-electron chi connectivity index (χ1n) is 7.36. The molecular weight excluding hydrogens is 276 g/mol. The van der Waals surface area contributed by atoms with E-state index in [4.69, 9.17) is 10.5 Å². The van der Waals surface area contributed by atoms with E-state index < -0.39 is 0 Å². The summed E-state index contributed by atoms with van der Waals surface area (Å²) in [4.78, 5) is 14.6. The predicted molar refractivity (Wildman–Crippen MR) is 87.2 cm³/mol. The van der Waals surface area contributed by atoms with E-state index in [2.05, 4.69) is 17.1 Å². The second kappa shape index (κ2) is 5.00. The van der Waals surface area contributed by atoms with Gasteiger partial charge in [-0.05, 0) is 40.6 Å². The van der Waals surface area contributed by atoms with Crippen LogP contribution >= 0.6 is 0 Å². The maximum absolute atomic E-state index is 11.9. The minimum atomic E-state index is -0.0745. The van der Waals surface area contributed by atoms with Gasteiger partial charge in [0.25, 0.3) is 5.56 Å². The number of H-pyrrole nitrogens is 1. The number of hydrogen-bond acceptors (Lipinski definition) is 3. The van der Waals surface area contributed by atoms with Gasteiger partial charge in [0.1, 0.15) is 11.9 Å². The highest BCUT2D eigenvalue weighted by Gasteiger charge is 2.23. The van der Waals surface area contributed by atoms with Gasteiger partial charge in [-0.3, -0.25) is 4.79 Å². The van der Waals surface area contributed by atoms with E-state index in [0.29, 0.717) is 12.1 Å². The van der Waals surface area contributed by atoms with Crippen molar-refractivity contribution in [3.05, 3.63) is 64.6 Å². The summed E-state index contributed by atoms with van der Waals surface area (Å²) in [5.74, 6) is 0.924. The summed E-state index contributed by atoms with van der Waals surface area (Å²) in [5, 5.41) is 2.28. The van der Waals surface area contributed by atoms with Crippen molar-refractivity contribution >= 4 is 10.8 Å². The average Bonchev–Trinajstić information content (AvgIpc) is 2.98. The number of fused-ring (bicyclic) bond motifs is 3. The summed E-state index contributed by atoms with van der Waals surface area (Å²) in [6.07, 6.45) is 2.55. The fraction of sp³-hybridized carbons (Fsp3) is 0.167. The topological polar surface area (TPSA) is 68.1 Å². The van der Waals surface area contributed by atoms with E-state index in [0.717, 1.165) is 23.1 Å². The first-order valence-corrected chi connectivity index (χ1v) is 7.36. The standard InChI is InChI=1S/C18H16N2O2/c19-10-13-9-16-14-5-3-12(15-2-1-7-20-18(15)21)8-11(14)4-6-17(16)22-13/h1-8,13H,9-10,19H2,(H,20,21)/t13-/m0/s1. The van der Waals surface area contributed by atoms with Crippen LogP contribution in [0.5, 0.6) is 5.75 Å². The van der Waals surface area contributed by atoms with E-state index in [-0.39, 0.29) is 11.7 Å². The van der Waals surface area contributed by atoms with Crippen LogP contribution in [0.15, 0.2) is 53.5 Å². The second-order valence-electron chi connectivity index (χ2n) is 5.57. The van der Waals surface area contributed by atoms with Crippen LogP contribution in [-0.4, -0.2) is 17.6 Å². The molecule has 2 heterocycles. The maximum atomic E-state index is 11.9. The van der Waals surface area contributed by atoms with Gasteiger partial charge in [-0.15, -0.1) is 0 Å². The molecule has 0 fully saturated rings. The molecule has 4 nitrogen and oxygen atoms in total. The highest BCUT2D eigenvalue weighted by molar-refractivity contribution is 5.91. The largest absolute Gasteiger partial charge is 0.488 e. The molecule has 0 saturated carbocycles. The lowest BCUT2D eigenvalue weighted by Gasteiger charge is -2.07. The Bertz CT molecular complexity index is 914. The molecule has 0 saturated heterocycles. The molecule has 2 aromatic carbocycles. The maximum Gasteiger partial charge on any atom is 0.255 e. The highest BCUT2D eigenvalue weighted by atomic mass is 16.5. The summed E-state index contributed by atoms with van der Waals surface area (Å²) >= 11 is 0. The fourth-order valence-electron chi connectivity index (χ4n) is 3.09. The SMILES string of the molecule is NC[C@@H]1Cc2c(ccc3cc(-c4ccc[nH]c4=O)ccc23)O1. The minimum absolute atomic E-state index is 0.0669. The number of rotatable bonds is 2. The fourth-order valence-corrected chi connectivity index (χ4v) is 3.09. The normalized spacial score (nSPS) is 16.5. The first kappa shape index (κ1) is 13.1. The summed E-state index contributed by atoms with van der Waals surface area (Å²) in [6.45, 7) is 0.521. The number of benzene rings is 2. The van der Waals surface area contributed by atoms with Crippen LogP contribution in [0.4, 0.5) is 0 Å². The predicted octanol–water partition coefficient (Wildman–Crippen LogP) is 2.46. The van der Waals surface area contributed by atoms with Gasteiger partial charge >= 0.3 is 0 Å². The number of hydrogen-bond donors (Lipinski definition) is 2. The molecule has 1 aliphatic rings. The number of pyridine rings is 1. The van der Waals surface area contributed by atoms with Crippen LogP contribution in [0.3, 0.4) is 0 Å². The van der Waals surface area contributed by atoms with Crippen LogP contribution in [0.2, 0.25) is 0 Å². The average molecular weight is 292 g/mol. The van der Waals surface area contributed by atoms with Crippen molar-refractivity contribution in [1.29, 1.82) is 0 Å². The second-order valence-corrected chi connectivity index (χ2v) is 5.57. The lowest BCUT2D eigenvalue weighted by Crippen LogP contribution is -2.24. The van der Waals surface area contributed by atoms with Crippen molar-refractivity contribution in [1.82, 2.24) is 4.98 Å². The monoisotopic (exact) mass is 292 g/mol. The molecule has 22 heavy (non-hydrogen) atoms. The van der Waals surface area contributed by atoms with E-state index in [1.165, 1.54) is 10.9 Å². The zero-order valence-corrected chi connectivity index (χ0v) is 12.0. The number of nitrogens with one attached hydrogen (secondary N) is 1. The molecule has 0 radical (unpaired) electrons. The number of ether oxygens (including phenoxy) is 1. The van der Waals surface area contributed by atoms with Crippen molar-refractivity contribution in [2.24, 2.45) is 5.73 Å². The minimum Gasteiger partial charge on any atom is -0.488 e. The van der Waals surface area contributed by atoms with Crippen LogP contribution in [-0.2, 0) is 6.42 Å². The molecule has 4 rings (SSSR count). The van der Waals surface area contributed by atoms with Gasteiger partial charge < -0.3 is 15.5 Å². The quantitative estimate of drug-likeness (QED) is 0.762. The Hall–Kier alpha value is -2.59. The summed E-state index contributed by atoms with van der Waals surface area (Å²) in [6, 6.07) is 13.8. The lowest BCUT2D eigenvalue weighted by atomic mass is 9.97. The molecule has 4 heteroatoms. The van der Waals surface area contributed by atoms with Crippen molar-refractivity contribution in [3.63, 3.8) is 0 Å². The van der Waals surface area contributed by atoms with Gasteiger partial charge in [-0.1, -0.05) is 18.2 Å². The summed E-state index contributed by atoms with van der Waals surface area (Å²) < 4.78 is 5.82. The Labute approximate surface area is 127 Å². The molecule has 0 unspecified atom stereocenters. The van der Waals surface area contributed by atoms with Crippen molar-refractivity contribution < 1.29 is 4.74 Å². The molecular formula is C18H16N2O2. The first-order chi connectivity index (χ1) is 10.8. The summed E-state index contributed by atoms with van der Waals surface area (Å²) in [7, 11) is 0. The third-order valence-electron chi connectivity index (χ3n) is 4.21. The molecule has 0 amide bonds. The Morgan fingerprint density at radius 2 is 2.14 bits per heavy atom. The molecule has 1 aliphatic heterocycles. The molecule has 0 spiro atoms. The van der Waals surface area contributed by atoms with Crippen molar-refractivity contribution in [2.45, 2.75) is 12.5 Å². The van der Waals surface area contributed by atoms with Crippen molar-refractivity contribution in [2.75, 3.05) is 6.54 Å². The van der Waals surface area contributed by atoms with Gasteiger partial charge in [-0.25, -0.2) is 0 Å². The van der Waals surface area contributed by atoms with Crippen LogP contribution in [0.1, 0.15) is 5.56 Å². The van der Waals surface area contributed by atoms with Gasteiger partial charge in [0, 0.05) is 30.3 Å².